The van der Waals surface area contributed by atoms with E-state index in [1.54, 1.807) is 0 Å². The summed E-state index contributed by atoms with van der Waals surface area (Å²) in [5.41, 5.74) is 10.1. The molecule has 1 atom stereocenters. The molecular weight excluding hydrogens is 220 g/mol. The molecule has 0 aliphatic rings. The van der Waals surface area contributed by atoms with Gasteiger partial charge in [-0.15, -0.1) is 0 Å². The van der Waals surface area contributed by atoms with E-state index in [-0.39, 0.29) is 5.54 Å². The Morgan fingerprint density at radius 1 is 1.17 bits per heavy atom. The lowest BCUT2D eigenvalue weighted by molar-refractivity contribution is 0.261. The Bertz CT molecular complexity index is 389. The fraction of sp³-hybridized carbons (Fsp3) is 0.625. The fourth-order valence-electron chi connectivity index (χ4n) is 2.20. The second kappa shape index (κ2) is 5.85. The van der Waals surface area contributed by atoms with Crippen LogP contribution in [-0.2, 0) is 0 Å². The predicted octanol–water partition coefficient (Wildman–Crippen LogP) is 3.42. The third-order valence-corrected chi connectivity index (χ3v) is 3.60. The largest absolute Gasteiger partial charge is 0.326 e. The van der Waals surface area contributed by atoms with Gasteiger partial charge < -0.3 is 10.6 Å². The van der Waals surface area contributed by atoms with Crippen molar-refractivity contribution in [2.75, 3.05) is 14.1 Å². The zero-order valence-electron chi connectivity index (χ0n) is 12.7. The van der Waals surface area contributed by atoms with Crippen molar-refractivity contribution < 1.29 is 0 Å². The minimum atomic E-state index is -0.0893. The predicted molar refractivity (Wildman–Crippen MR) is 79.8 cm³/mol. The topological polar surface area (TPSA) is 29.3 Å². The van der Waals surface area contributed by atoms with Crippen molar-refractivity contribution in [2.45, 2.75) is 52.1 Å². The summed E-state index contributed by atoms with van der Waals surface area (Å²) in [6, 6.07) is 7.22. The van der Waals surface area contributed by atoms with Crippen LogP contribution in [0.25, 0.3) is 0 Å². The quantitative estimate of drug-likeness (QED) is 0.865. The Labute approximate surface area is 112 Å². The van der Waals surface area contributed by atoms with E-state index in [0.717, 1.165) is 12.8 Å². The van der Waals surface area contributed by atoms with Gasteiger partial charge in [0.2, 0.25) is 0 Å². The molecule has 0 saturated carbocycles. The van der Waals surface area contributed by atoms with Crippen LogP contribution < -0.4 is 5.73 Å². The Morgan fingerprint density at radius 3 is 2.22 bits per heavy atom. The second-order valence-electron chi connectivity index (χ2n) is 6.35. The van der Waals surface area contributed by atoms with E-state index in [1.807, 2.05) is 0 Å². The van der Waals surface area contributed by atoms with Crippen LogP contribution in [-0.4, -0.2) is 24.5 Å². The first-order valence-electron chi connectivity index (χ1n) is 6.73. The van der Waals surface area contributed by atoms with Crippen molar-refractivity contribution in [1.82, 2.24) is 4.90 Å². The van der Waals surface area contributed by atoms with Gasteiger partial charge in [-0.1, -0.05) is 18.2 Å². The van der Waals surface area contributed by atoms with Gasteiger partial charge in [0.05, 0.1) is 0 Å². The molecule has 2 N–H and O–H groups in total. The van der Waals surface area contributed by atoms with Crippen molar-refractivity contribution in [3.8, 4) is 0 Å². The van der Waals surface area contributed by atoms with Crippen molar-refractivity contribution in [1.29, 1.82) is 0 Å². The molecule has 0 saturated heterocycles. The number of hydrogen-bond acceptors (Lipinski definition) is 2. The number of benzene rings is 1. The van der Waals surface area contributed by atoms with Gasteiger partial charge in [-0.25, -0.2) is 0 Å². The summed E-state index contributed by atoms with van der Waals surface area (Å²) in [5.74, 6) is 0. The molecule has 0 heterocycles. The van der Waals surface area contributed by atoms with Crippen molar-refractivity contribution in [2.24, 2.45) is 5.73 Å². The van der Waals surface area contributed by atoms with Gasteiger partial charge in [0.15, 0.2) is 0 Å². The molecule has 0 amide bonds. The molecule has 1 aromatic carbocycles. The van der Waals surface area contributed by atoms with Gasteiger partial charge in [0, 0.05) is 11.6 Å². The molecule has 1 rings (SSSR count). The number of nitrogens with two attached hydrogens (primary N) is 1. The van der Waals surface area contributed by atoms with Gasteiger partial charge in [0.1, 0.15) is 0 Å². The molecule has 2 nitrogen and oxygen atoms in total. The maximum Gasteiger partial charge on any atom is 0.0342 e. The molecule has 0 bridgehead atoms. The van der Waals surface area contributed by atoms with E-state index >= 15 is 0 Å². The number of rotatable bonds is 5. The minimum Gasteiger partial charge on any atom is -0.326 e. The molecule has 18 heavy (non-hydrogen) atoms. The van der Waals surface area contributed by atoms with Crippen LogP contribution in [0.1, 0.15) is 49.4 Å². The smallest absolute Gasteiger partial charge is 0.0342 e. The van der Waals surface area contributed by atoms with E-state index in [4.69, 9.17) is 5.73 Å². The summed E-state index contributed by atoms with van der Waals surface area (Å²) in [6.45, 7) is 8.53. The fourth-order valence-corrected chi connectivity index (χ4v) is 2.20. The van der Waals surface area contributed by atoms with Gasteiger partial charge >= 0.3 is 0 Å². The van der Waals surface area contributed by atoms with Gasteiger partial charge in [0.25, 0.3) is 0 Å². The van der Waals surface area contributed by atoms with E-state index < -0.39 is 0 Å². The maximum atomic E-state index is 6.10. The average Bonchev–Trinajstić information content (AvgIpc) is 2.21. The Morgan fingerprint density at radius 2 is 1.78 bits per heavy atom. The van der Waals surface area contributed by atoms with Gasteiger partial charge in [-0.05, 0) is 71.3 Å². The molecule has 0 aliphatic heterocycles. The first-order valence-corrected chi connectivity index (χ1v) is 6.73. The monoisotopic (exact) mass is 248 g/mol. The van der Waals surface area contributed by atoms with Gasteiger partial charge in [-0.2, -0.15) is 0 Å². The molecule has 0 aromatic heterocycles. The lowest BCUT2D eigenvalue weighted by Gasteiger charge is -2.28. The lowest BCUT2D eigenvalue weighted by atomic mass is 9.91. The summed E-state index contributed by atoms with van der Waals surface area (Å²) in [5, 5.41) is 0. The second-order valence-corrected chi connectivity index (χ2v) is 6.35. The number of hydrogen-bond donors (Lipinski definition) is 1. The van der Waals surface area contributed by atoms with E-state index in [2.05, 4.69) is 64.9 Å². The van der Waals surface area contributed by atoms with Crippen molar-refractivity contribution in [3.05, 3.63) is 34.9 Å². The van der Waals surface area contributed by atoms with E-state index in [9.17, 15) is 0 Å². The van der Waals surface area contributed by atoms with Crippen LogP contribution in [0.15, 0.2) is 18.2 Å². The van der Waals surface area contributed by atoms with Crippen LogP contribution in [0.3, 0.4) is 0 Å². The molecule has 0 spiro atoms. The van der Waals surface area contributed by atoms with E-state index in [0.29, 0.717) is 6.04 Å². The van der Waals surface area contributed by atoms with Crippen LogP contribution >= 0.6 is 0 Å². The highest BCUT2D eigenvalue weighted by Gasteiger charge is 2.19. The summed E-state index contributed by atoms with van der Waals surface area (Å²) >= 11 is 0. The van der Waals surface area contributed by atoms with Crippen LogP contribution in [0, 0.1) is 13.8 Å². The minimum absolute atomic E-state index is 0.0893. The molecule has 0 fully saturated rings. The Balaban J connectivity index is 2.87. The molecule has 1 unspecified atom stereocenters. The standard InChI is InChI=1S/C16H28N2/c1-12-7-8-14(11-13(12)2)15(18(5)6)9-10-16(3,4)17/h7-8,11,15H,9-10,17H2,1-6H3. The molecular formula is C16H28N2. The Hall–Kier alpha value is -0.860. The number of nitrogens with zero attached hydrogens (tertiary/aromatic N) is 1. The third kappa shape index (κ3) is 4.43. The highest BCUT2D eigenvalue weighted by molar-refractivity contribution is 5.31. The summed E-state index contributed by atoms with van der Waals surface area (Å²) in [4.78, 5) is 2.29. The van der Waals surface area contributed by atoms with Crippen LogP contribution in [0.4, 0.5) is 0 Å². The van der Waals surface area contributed by atoms with Crippen molar-refractivity contribution in [3.63, 3.8) is 0 Å². The van der Waals surface area contributed by atoms with E-state index in [1.165, 1.54) is 16.7 Å². The summed E-state index contributed by atoms with van der Waals surface area (Å²) in [7, 11) is 4.28. The molecule has 1 aromatic rings. The Kier molecular flexibility index (Phi) is 4.94. The zero-order chi connectivity index (χ0) is 13.9. The highest BCUT2D eigenvalue weighted by Crippen LogP contribution is 2.27. The lowest BCUT2D eigenvalue weighted by Crippen LogP contribution is -2.33. The highest BCUT2D eigenvalue weighted by atomic mass is 15.1. The third-order valence-electron chi connectivity index (χ3n) is 3.60. The zero-order valence-corrected chi connectivity index (χ0v) is 12.7. The summed E-state index contributed by atoms with van der Waals surface area (Å²) < 4.78 is 0. The molecule has 0 aliphatic carbocycles. The SMILES string of the molecule is Cc1ccc(C(CCC(C)(C)N)N(C)C)cc1C. The van der Waals surface area contributed by atoms with Crippen LogP contribution in [0.2, 0.25) is 0 Å². The molecule has 102 valence electrons. The average molecular weight is 248 g/mol. The number of aryl methyl sites for hydroxylation is 2. The molecule has 2 heteroatoms. The van der Waals surface area contributed by atoms with Gasteiger partial charge in [-0.3, -0.25) is 0 Å². The summed E-state index contributed by atoms with van der Waals surface area (Å²) in [6.07, 6.45) is 2.13. The normalized spacial score (nSPS) is 14.0. The molecule has 0 radical (unpaired) electrons. The first-order chi connectivity index (χ1) is 8.20. The first kappa shape index (κ1) is 15.2. The van der Waals surface area contributed by atoms with Crippen LogP contribution in [0.5, 0.6) is 0 Å². The van der Waals surface area contributed by atoms with Crippen molar-refractivity contribution >= 4 is 0 Å². The maximum absolute atomic E-state index is 6.10.